The zero-order valence-corrected chi connectivity index (χ0v) is 12.7. The monoisotopic (exact) mass is 261 g/mol. The molecule has 0 radical (unpaired) electrons. The lowest BCUT2D eigenvalue weighted by Crippen LogP contribution is -2.57. The van der Waals surface area contributed by atoms with E-state index in [0.29, 0.717) is 12.1 Å². The van der Waals surface area contributed by atoms with E-state index in [1.165, 1.54) is 24.2 Å². The van der Waals surface area contributed by atoms with Crippen LogP contribution in [0.15, 0.2) is 24.3 Å². The van der Waals surface area contributed by atoms with Gasteiger partial charge in [0, 0.05) is 45.0 Å². The molecule has 0 aromatic heterocycles. The fourth-order valence-electron chi connectivity index (χ4n) is 2.70. The smallest absolute Gasteiger partial charge is 0.0361 e. The fourth-order valence-corrected chi connectivity index (χ4v) is 2.70. The van der Waals surface area contributed by atoms with Gasteiger partial charge in [0.1, 0.15) is 0 Å². The molecule has 3 heteroatoms. The third-order valence-electron chi connectivity index (χ3n) is 4.10. The van der Waals surface area contributed by atoms with Crippen LogP contribution in [0.3, 0.4) is 0 Å². The lowest BCUT2D eigenvalue weighted by Gasteiger charge is -2.42. The van der Waals surface area contributed by atoms with Crippen LogP contribution >= 0.6 is 0 Å². The summed E-state index contributed by atoms with van der Waals surface area (Å²) in [6.45, 7) is 8.06. The third-order valence-corrected chi connectivity index (χ3v) is 4.10. The predicted octanol–water partition coefficient (Wildman–Crippen LogP) is 2.50. The van der Waals surface area contributed by atoms with Crippen LogP contribution in [-0.2, 0) is 0 Å². The Kier molecular flexibility index (Phi) is 4.83. The molecule has 1 aliphatic heterocycles. The molecule has 0 saturated carbocycles. The largest absolute Gasteiger partial charge is 0.378 e. The highest BCUT2D eigenvalue weighted by molar-refractivity contribution is 5.46. The van der Waals surface area contributed by atoms with Crippen LogP contribution in [0.2, 0.25) is 0 Å². The van der Waals surface area contributed by atoms with E-state index in [-0.39, 0.29) is 0 Å². The molecule has 0 bridgehead atoms. The summed E-state index contributed by atoms with van der Waals surface area (Å²) in [5.41, 5.74) is 2.69. The van der Waals surface area contributed by atoms with E-state index in [1.54, 1.807) is 0 Å². The molecule has 1 unspecified atom stereocenters. The van der Waals surface area contributed by atoms with Gasteiger partial charge in [0.05, 0.1) is 0 Å². The Morgan fingerprint density at radius 1 is 1.21 bits per heavy atom. The molecule has 1 saturated heterocycles. The van der Waals surface area contributed by atoms with E-state index < -0.39 is 0 Å². The topological polar surface area (TPSA) is 18.5 Å². The highest BCUT2D eigenvalue weighted by Gasteiger charge is 2.28. The van der Waals surface area contributed by atoms with Gasteiger partial charge in [-0.3, -0.25) is 4.90 Å². The second kappa shape index (κ2) is 6.40. The molecule has 0 amide bonds. The number of rotatable bonds is 6. The predicted molar refractivity (Wildman–Crippen MR) is 82.8 cm³/mol. The quantitative estimate of drug-likeness (QED) is 0.849. The molecule has 1 N–H and O–H groups in total. The third kappa shape index (κ3) is 3.28. The van der Waals surface area contributed by atoms with E-state index in [2.05, 4.69) is 67.3 Å². The summed E-state index contributed by atoms with van der Waals surface area (Å²) in [6.07, 6.45) is 1.22. The normalized spacial score (nSPS) is 17.3. The van der Waals surface area contributed by atoms with Gasteiger partial charge in [-0.15, -0.1) is 0 Å². The Labute approximate surface area is 117 Å². The van der Waals surface area contributed by atoms with Crippen molar-refractivity contribution in [3.8, 4) is 0 Å². The van der Waals surface area contributed by atoms with E-state index in [0.717, 1.165) is 13.1 Å². The van der Waals surface area contributed by atoms with Gasteiger partial charge in [0.2, 0.25) is 0 Å². The first kappa shape index (κ1) is 14.4. The van der Waals surface area contributed by atoms with Crippen molar-refractivity contribution in [2.24, 2.45) is 0 Å². The van der Waals surface area contributed by atoms with E-state index >= 15 is 0 Å². The van der Waals surface area contributed by atoms with Crippen molar-refractivity contribution in [2.45, 2.75) is 32.4 Å². The summed E-state index contributed by atoms with van der Waals surface area (Å²) >= 11 is 0. The number of nitrogens with one attached hydrogen (secondary N) is 1. The molecule has 106 valence electrons. The van der Waals surface area contributed by atoms with Gasteiger partial charge in [0.25, 0.3) is 0 Å². The molecular weight excluding hydrogens is 234 g/mol. The molecule has 3 nitrogen and oxygen atoms in total. The van der Waals surface area contributed by atoms with Gasteiger partial charge in [-0.25, -0.2) is 0 Å². The Morgan fingerprint density at radius 2 is 1.84 bits per heavy atom. The van der Waals surface area contributed by atoms with Crippen molar-refractivity contribution in [1.29, 1.82) is 0 Å². The summed E-state index contributed by atoms with van der Waals surface area (Å²) in [5.74, 6) is 0. The minimum atomic E-state index is 0.503. The van der Waals surface area contributed by atoms with Crippen molar-refractivity contribution < 1.29 is 0 Å². The van der Waals surface area contributed by atoms with Crippen LogP contribution in [0.1, 0.15) is 31.9 Å². The van der Waals surface area contributed by atoms with E-state index in [4.69, 9.17) is 0 Å². The molecular formula is C16H27N3. The van der Waals surface area contributed by atoms with Crippen LogP contribution in [0.4, 0.5) is 5.69 Å². The number of hydrogen-bond donors (Lipinski definition) is 1. The number of nitrogens with zero attached hydrogens (tertiary/aromatic N) is 2. The molecule has 1 aromatic carbocycles. The summed E-state index contributed by atoms with van der Waals surface area (Å²) in [5, 5.41) is 3.38. The Hall–Kier alpha value is -1.06. The summed E-state index contributed by atoms with van der Waals surface area (Å²) in [4.78, 5) is 4.79. The van der Waals surface area contributed by atoms with Gasteiger partial charge in [0.15, 0.2) is 0 Å². The van der Waals surface area contributed by atoms with Gasteiger partial charge in [-0.2, -0.15) is 0 Å². The van der Waals surface area contributed by atoms with Gasteiger partial charge in [-0.05, 0) is 37.6 Å². The molecule has 1 aromatic rings. The van der Waals surface area contributed by atoms with Crippen LogP contribution in [0.25, 0.3) is 0 Å². The molecule has 19 heavy (non-hydrogen) atoms. The summed E-state index contributed by atoms with van der Waals surface area (Å²) in [6, 6.07) is 10.2. The van der Waals surface area contributed by atoms with Crippen molar-refractivity contribution in [1.82, 2.24) is 10.2 Å². The summed E-state index contributed by atoms with van der Waals surface area (Å²) < 4.78 is 0. The van der Waals surface area contributed by atoms with Crippen LogP contribution in [-0.4, -0.2) is 44.7 Å². The average molecular weight is 261 g/mol. The lowest BCUT2D eigenvalue weighted by molar-refractivity contribution is 0.103. The highest BCUT2D eigenvalue weighted by atomic mass is 15.2. The maximum atomic E-state index is 3.38. The second-order valence-corrected chi connectivity index (χ2v) is 5.71. The Morgan fingerprint density at radius 3 is 2.26 bits per heavy atom. The SMILES string of the molecule is CCCN(C1CNC1)C(C)c1ccc(N(C)C)cc1. The van der Waals surface area contributed by atoms with E-state index in [1.807, 2.05) is 0 Å². The minimum Gasteiger partial charge on any atom is -0.378 e. The van der Waals surface area contributed by atoms with Crippen molar-refractivity contribution in [3.63, 3.8) is 0 Å². The van der Waals surface area contributed by atoms with Crippen molar-refractivity contribution in [2.75, 3.05) is 38.6 Å². The maximum absolute atomic E-state index is 3.38. The zero-order chi connectivity index (χ0) is 13.8. The van der Waals surface area contributed by atoms with Crippen molar-refractivity contribution in [3.05, 3.63) is 29.8 Å². The highest BCUT2D eigenvalue weighted by Crippen LogP contribution is 2.25. The number of hydrogen-bond acceptors (Lipinski definition) is 3. The first-order valence-corrected chi connectivity index (χ1v) is 7.37. The van der Waals surface area contributed by atoms with Crippen LogP contribution < -0.4 is 10.2 Å². The van der Waals surface area contributed by atoms with E-state index in [9.17, 15) is 0 Å². The maximum Gasteiger partial charge on any atom is 0.0361 e. The Balaban J connectivity index is 2.09. The molecule has 0 spiro atoms. The molecule has 1 fully saturated rings. The Bertz CT molecular complexity index is 381. The van der Waals surface area contributed by atoms with Gasteiger partial charge >= 0.3 is 0 Å². The molecule has 1 aliphatic rings. The number of benzene rings is 1. The molecule has 1 heterocycles. The first-order valence-electron chi connectivity index (χ1n) is 7.37. The van der Waals surface area contributed by atoms with Crippen LogP contribution in [0, 0.1) is 0 Å². The van der Waals surface area contributed by atoms with Gasteiger partial charge < -0.3 is 10.2 Å². The minimum absolute atomic E-state index is 0.503. The summed E-state index contributed by atoms with van der Waals surface area (Å²) in [7, 11) is 4.17. The molecule has 2 rings (SSSR count). The molecule has 1 atom stereocenters. The molecule has 0 aliphatic carbocycles. The number of anilines is 1. The fraction of sp³-hybridized carbons (Fsp3) is 0.625. The first-order chi connectivity index (χ1) is 9.13. The second-order valence-electron chi connectivity index (χ2n) is 5.71. The lowest BCUT2D eigenvalue weighted by atomic mass is 10.0. The van der Waals surface area contributed by atoms with Gasteiger partial charge in [-0.1, -0.05) is 19.1 Å². The van der Waals surface area contributed by atoms with Crippen molar-refractivity contribution >= 4 is 5.69 Å². The standard InChI is InChI=1S/C16H27N3/c1-5-10-19(16-11-17-12-16)13(2)14-6-8-15(9-7-14)18(3)4/h6-9,13,16-17H,5,10-12H2,1-4H3. The van der Waals surface area contributed by atoms with Crippen LogP contribution in [0.5, 0.6) is 0 Å². The zero-order valence-electron chi connectivity index (χ0n) is 12.7. The average Bonchev–Trinajstić information content (AvgIpc) is 2.35.